The Bertz CT molecular complexity index is 999. The van der Waals surface area contributed by atoms with Gasteiger partial charge in [-0.3, -0.25) is 9.59 Å². The number of hydrogen-bond acceptors (Lipinski definition) is 4. The van der Waals surface area contributed by atoms with Gasteiger partial charge < -0.3 is 10.1 Å². The largest absolute Gasteiger partial charge is 0.483 e. The van der Waals surface area contributed by atoms with Crippen molar-refractivity contribution < 1.29 is 14.3 Å². The molecule has 2 N–H and O–H groups in total. The van der Waals surface area contributed by atoms with E-state index in [1.54, 1.807) is 24.3 Å². The summed E-state index contributed by atoms with van der Waals surface area (Å²) in [5.74, 6) is 0.137. The van der Waals surface area contributed by atoms with Gasteiger partial charge in [-0.25, -0.2) is 5.43 Å². The van der Waals surface area contributed by atoms with Crippen LogP contribution in [-0.4, -0.2) is 24.6 Å². The highest BCUT2D eigenvalue weighted by Crippen LogP contribution is 2.29. The van der Waals surface area contributed by atoms with Gasteiger partial charge in [0.05, 0.1) is 6.21 Å². The number of carbonyl (C=O) groups excluding carboxylic acids is 2. The monoisotopic (exact) mass is 387 g/mol. The van der Waals surface area contributed by atoms with Crippen LogP contribution in [0.4, 0.5) is 5.69 Å². The van der Waals surface area contributed by atoms with E-state index in [9.17, 15) is 9.59 Å². The topological polar surface area (TPSA) is 79.8 Å². The minimum absolute atomic E-state index is 0.132. The normalized spacial score (nSPS) is 10.5. The van der Waals surface area contributed by atoms with E-state index < -0.39 is 0 Å². The van der Waals surface area contributed by atoms with Crippen LogP contribution in [0.15, 0.2) is 84.0 Å². The molecule has 2 amide bonds. The maximum atomic E-state index is 12.0. The van der Waals surface area contributed by atoms with Crippen LogP contribution >= 0.6 is 0 Å². The zero-order valence-electron chi connectivity index (χ0n) is 16.0. The summed E-state index contributed by atoms with van der Waals surface area (Å²) in [5.41, 5.74) is 5.87. The summed E-state index contributed by atoms with van der Waals surface area (Å²) >= 11 is 0. The molecule has 29 heavy (non-hydrogen) atoms. The number of hydrogen-bond donors (Lipinski definition) is 2. The molecular formula is C23H21N3O3. The van der Waals surface area contributed by atoms with E-state index in [-0.39, 0.29) is 18.4 Å². The Balaban J connectivity index is 1.53. The molecule has 0 unspecified atom stereocenters. The van der Waals surface area contributed by atoms with Gasteiger partial charge in [-0.05, 0) is 29.3 Å². The second-order valence-electron chi connectivity index (χ2n) is 6.25. The van der Waals surface area contributed by atoms with E-state index in [1.807, 2.05) is 54.6 Å². The van der Waals surface area contributed by atoms with Crippen LogP contribution in [-0.2, 0) is 9.59 Å². The van der Waals surface area contributed by atoms with Crippen LogP contribution in [0.1, 0.15) is 12.5 Å². The maximum Gasteiger partial charge on any atom is 0.277 e. The van der Waals surface area contributed by atoms with Crippen LogP contribution in [0.5, 0.6) is 5.75 Å². The number of nitrogens with one attached hydrogen (secondary N) is 2. The number of amides is 2. The molecule has 6 nitrogen and oxygen atoms in total. The standard InChI is InChI=1S/C23H21N3O3/c1-17(27)25-20-13-11-18(12-14-20)15-24-26-23(28)16-29-22-10-6-5-9-21(22)19-7-3-2-4-8-19/h2-15H,16H2,1H3,(H,25,27)(H,26,28)/b24-15-. The van der Waals surface area contributed by atoms with Gasteiger partial charge in [0.2, 0.25) is 5.91 Å². The average molecular weight is 387 g/mol. The van der Waals surface area contributed by atoms with Crippen LogP contribution in [0, 0.1) is 0 Å². The second-order valence-corrected chi connectivity index (χ2v) is 6.25. The predicted molar refractivity (Wildman–Crippen MR) is 114 cm³/mol. The number of carbonyl (C=O) groups is 2. The molecule has 0 saturated carbocycles. The van der Waals surface area contributed by atoms with Crippen molar-refractivity contribution in [3.63, 3.8) is 0 Å². The summed E-state index contributed by atoms with van der Waals surface area (Å²) in [6.07, 6.45) is 1.52. The molecule has 6 heteroatoms. The first-order valence-electron chi connectivity index (χ1n) is 9.08. The van der Waals surface area contributed by atoms with Gasteiger partial charge in [0.25, 0.3) is 5.91 Å². The van der Waals surface area contributed by atoms with Crippen LogP contribution in [0.3, 0.4) is 0 Å². The van der Waals surface area contributed by atoms with Gasteiger partial charge in [0.15, 0.2) is 6.61 Å². The highest BCUT2D eigenvalue weighted by molar-refractivity contribution is 5.89. The Kier molecular flexibility index (Phi) is 6.73. The summed E-state index contributed by atoms with van der Waals surface area (Å²) in [5, 5.41) is 6.62. The van der Waals surface area contributed by atoms with Gasteiger partial charge in [-0.1, -0.05) is 60.7 Å². The third kappa shape index (κ3) is 6.04. The molecule has 0 aromatic heterocycles. The number of nitrogens with zero attached hydrogens (tertiary/aromatic N) is 1. The molecule has 0 aliphatic carbocycles. The molecule has 146 valence electrons. The van der Waals surface area contributed by atoms with E-state index in [2.05, 4.69) is 15.8 Å². The average Bonchev–Trinajstić information content (AvgIpc) is 2.74. The van der Waals surface area contributed by atoms with E-state index >= 15 is 0 Å². The second kappa shape index (κ2) is 9.85. The fraction of sp³-hybridized carbons (Fsp3) is 0.0870. The minimum atomic E-state index is -0.362. The molecule has 0 spiro atoms. The summed E-state index contributed by atoms with van der Waals surface area (Å²) in [7, 11) is 0. The third-order valence-electron chi connectivity index (χ3n) is 3.96. The lowest BCUT2D eigenvalue weighted by molar-refractivity contribution is -0.123. The summed E-state index contributed by atoms with van der Waals surface area (Å²) in [6.45, 7) is 1.30. The lowest BCUT2D eigenvalue weighted by atomic mass is 10.1. The van der Waals surface area contributed by atoms with Crippen molar-refractivity contribution in [2.45, 2.75) is 6.92 Å². The highest BCUT2D eigenvalue weighted by Gasteiger charge is 2.07. The minimum Gasteiger partial charge on any atom is -0.483 e. The van der Waals surface area contributed by atoms with Crippen molar-refractivity contribution in [2.75, 3.05) is 11.9 Å². The van der Waals surface area contributed by atoms with Gasteiger partial charge in [0, 0.05) is 18.2 Å². The number of benzene rings is 3. The molecule has 0 heterocycles. The predicted octanol–water partition coefficient (Wildman–Crippen LogP) is 3.84. The number of rotatable bonds is 7. The number of ether oxygens (including phenoxy) is 1. The zero-order valence-corrected chi connectivity index (χ0v) is 16.0. The maximum absolute atomic E-state index is 12.0. The summed E-state index contributed by atoms with van der Waals surface area (Å²) in [6, 6.07) is 24.5. The molecule has 0 saturated heterocycles. The summed E-state index contributed by atoms with van der Waals surface area (Å²) < 4.78 is 5.68. The van der Waals surface area contributed by atoms with E-state index in [1.165, 1.54) is 13.1 Å². The lowest BCUT2D eigenvalue weighted by Gasteiger charge is -2.10. The quantitative estimate of drug-likeness (QED) is 0.477. The Hall–Kier alpha value is -3.93. The Morgan fingerprint density at radius 3 is 2.34 bits per heavy atom. The first-order chi connectivity index (χ1) is 14.1. The zero-order chi connectivity index (χ0) is 20.5. The Morgan fingerprint density at radius 2 is 1.62 bits per heavy atom. The number of anilines is 1. The molecular weight excluding hydrogens is 366 g/mol. The molecule has 0 fully saturated rings. The van der Waals surface area contributed by atoms with Crippen LogP contribution in [0.2, 0.25) is 0 Å². The SMILES string of the molecule is CC(=O)Nc1ccc(/C=N\NC(=O)COc2ccccc2-c2ccccc2)cc1. The first-order valence-corrected chi connectivity index (χ1v) is 9.08. The third-order valence-corrected chi connectivity index (χ3v) is 3.96. The Labute approximate surface area is 169 Å². The smallest absolute Gasteiger partial charge is 0.277 e. The fourth-order valence-corrected chi connectivity index (χ4v) is 2.66. The molecule has 0 aliphatic heterocycles. The molecule has 0 aliphatic rings. The number of para-hydroxylation sites is 1. The molecule has 3 rings (SSSR count). The van der Waals surface area contributed by atoms with Crippen LogP contribution in [0.25, 0.3) is 11.1 Å². The van der Waals surface area contributed by atoms with Crippen molar-refractivity contribution in [3.05, 3.63) is 84.4 Å². The molecule has 3 aromatic carbocycles. The molecule has 0 radical (unpaired) electrons. The van der Waals surface area contributed by atoms with Crippen molar-refractivity contribution in [2.24, 2.45) is 5.10 Å². The van der Waals surface area contributed by atoms with E-state index in [0.717, 1.165) is 16.7 Å². The fourth-order valence-electron chi connectivity index (χ4n) is 2.66. The number of hydrazone groups is 1. The molecule has 3 aromatic rings. The molecule has 0 bridgehead atoms. The van der Waals surface area contributed by atoms with Crippen molar-refractivity contribution in [1.29, 1.82) is 0 Å². The summed E-state index contributed by atoms with van der Waals surface area (Å²) in [4.78, 5) is 23.0. The van der Waals surface area contributed by atoms with Gasteiger partial charge in [-0.15, -0.1) is 0 Å². The van der Waals surface area contributed by atoms with Crippen molar-refractivity contribution >= 4 is 23.7 Å². The van der Waals surface area contributed by atoms with Gasteiger partial charge >= 0.3 is 0 Å². The van der Waals surface area contributed by atoms with E-state index in [0.29, 0.717) is 11.4 Å². The van der Waals surface area contributed by atoms with E-state index in [4.69, 9.17) is 4.74 Å². The van der Waals surface area contributed by atoms with Crippen molar-refractivity contribution in [3.8, 4) is 16.9 Å². The highest BCUT2D eigenvalue weighted by atomic mass is 16.5. The molecule has 0 atom stereocenters. The van der Waals surface area contributed by atoms with Crippen molar-refractivity contribution in [1.82, 2.24) is 5.43 Å². The van der Waals surface area contributed by atoms with Gasteiger partial charge in [-0.2, -0.15) is 5.10 Å². The van der Waals surface area contributed by atoms with Crippen LogP contribution < -0.4 is 15.5 Å². The lowest BCUT2D eigenvalue weighted by Crippen LogP contribution is -2.24. The first kappa shape index (κ1) is 19.8. The van der Waals surface area contributed by atoms with Gasteiger partial charge in [0.1, 0.15) is 5.75 Å². The Morgan fingerprint density at radius 1 is 0.931 bits per heavy atom.